The van der Waals surface area contributed by atoms with E-state index in [9.17, 15) is 13.6 Å². The van der Waals surface area contributed by atoms with E-state index >= 15 is 0 Å². The monoisotopic (exact) mass is 477 g/mol. The number of nitrogens with zero attached hydrogens (tertiary/aromatic N) is 3. The lowest BCUT2D eigenvalue weighted by molar-refractivity contribution is -0.0498. The third kappa shape index (κ3) is 5.06. The number of ether oxygens (including phenoxy) is 1. The fourth-order valence-electron chi connectivity index (χ4n) is 2.93. The predicted molar refractivity (Wildman–Crippen MR) is 116 cm³/mol. The fraction of sp³-hybridized carbons (Fsp3) is 0.0952. The molecule has 0 radical (unpaired) electrons. The van der Waals surface area contributed by atoms with Crippen molar-refractivity contribution in [1.82, 2.24) is 20.0 Å². The Morgan fingerprint density at radius 3 is 2.59 bits per heavy atom. The van der Waals surface area contributed by atoms with E-state index in [4.69, 9.17) is 23.2 Å². The highest BCUT2D eigenvalue weighted by atomic mass is 35.5. The molecule has 0 atom stereocenters. The first-order chi connectivity index (χ1) is 15.4. The Balaban J connectivity index is 1.44. The second-order valence-electron chi connectivity index (χ2n) is 6.64. The number of amides is 1. The number of rotatable bonds is 7. The first kappa shape index (κ1) is 21.8. The van der Waals surface area contributed by atoms with Gasteiger partial charge in [0.1, 0.15) is 16.5 Å². The number of alkyl halides is 2. The second kappa shape index (κ2) is 9.37. The van der Waals surface area contributed by atoms with Crippen molar-refractivity contribution in [2.45, 2.75) is 13.2 Å². The lowest BCUT2D eigenvalue weighted by atomic mass is 10.1. The van der Waals surface area contributed by atoms with Crippen LogP contribution in [-0.4, -0.2) is 32.5 Å². The van der Waals surface area contributed by atoms with Gasteiger partial charge in [0.25, 0.3) is 5.91 Å². The highest BCUT2D eigenvalue weighted by Crippen LogP contribution is 2.24. The molecular weight excluding hydrogens is 463 g/mol. The van der Waals surface area contributed by atoms with E-state index in [0.717, 1.165) is 5.56 Å². The highest BCUT2D eigenvalue weighted by Gasteiger charge is 2.16. The van der Waals surface area contributed by atoms with Gasteiger partial charge in [0.05, 0.1) is 12.2 Å². The van der Waals surface area contributed by atoms with Gasteiger partial charge < -0.3 is 10.1 Å². The molecule has 2 aromatic heterocycles. The molecule has 11 heteroatoms. The summed E-state index contributed by atoms with van der Waals surface area (Å²) in [7, 11) is 0. The van der Waals surface area contributed by atoms with Crippen LogP contribution in [0.25, 0.3) is 11.3 Å². The molecule has 32 heavy (non-hydrogen) atoms. The molecule has 0 fully saturated rings. The number of nitrogens with one attached hydrogen (secondary N) is 2. The van der Waals surface area contributed by atoms with Gasteiger partial charge in [-0.1, -0.05) is 41.4 Å². The number of benzene rings is 2. The third-order valence-electron chi connectivity index (χ3n) is 4.44. The van der Waals surface area contributed by atoms with Crippen LogP contribution in [0.3, 0.4) is 0 Å². The molecule has 0 aliphatic heterocycles. The summed E-state index contributed by atoms with van der Waals surface area (Å²) in [6.07, 6.45) is 1.59. The number of carbonyl (C=O) groups excluding carboxylic acids is 1. The number of carbonyl (C=O) groups is 1. The van der Waals surface area contributed by atoms with Gasteiger partial charge in [-0.25, -0.2) is 0 Å². The molecule has 1 amide bonds. The van der Waals surface area contributed by atoms with Crippen LogP contribution >= 0.6 is 23.2 Å². The zero-order valence-electron chi connectivity index (χ0n) is 16.2. The molecule has 4 rings (SSSR count). The van der Waals surface area contributed by atoms with Crippen LogP contribution in [0.2, 0.25) is 10.0 Å². The Morgan fingerprint density at radius 2 is 1.88 bits per heavy atom. The molecule has 2 N–H and O–H groups in total. The maximum Gasteiger partial charge on any atom is 0.387 e. The van der Waals surface area contributed by atoms with E-state index in [1.54, 1.807) is 29.1 Å². The minimum absolute atomic E-state index is 0.0271. The van der Waals surface area contributed by atoms with Crippen molar-refractivity contribution in [3.05, 3.63) is 82.1 Å². The largest absolute Gasteiger partial charge is 0.435 e. The molecule has 2 aromatic carbocycles. The Kier molecular flexibility index (Phi) is 6.38. The Bertz CT molecular complexity index is 1240. The van der Waals surface area contributed by atoms with Crippen LogP contribution < -0.4 is 10.1 Å². The van der Waals surface area contributed by atoms with Gasteiger partial charge in [0.2, 0.25) is 0 Å². The van der Waals surface area contributed by atoms with E-state index in [1.807, 2.05) is 18.2 Å². The topological polar surface area (TPSA) is 84.8 Å². The predicted octanol–water partition coefficient (Wildman–Crippen LogP) is 5.48. The quantitative estimate of drug-likeness (QED) is 0.368. The van der Waals surface area contributed by atoms with Crippen LogP contribution in [0, 0.1) is 0 Å². The van der Waals surface area contributed by atoms with Crippen molar-refractivity contribution in [3.63, 3.8) is 0 Å². The van der Waals surface area contributed by atoms with Crippen LogP contribution in [0.1, 0.15) is 16.1 Å². The molecule has 0 unspecified atom stereocenters. The summed E-state index contributed by atoms with van der Waals surface area (Å²) in [6.45, 7) is -2.52. The van der Waals surface area contributed by atoms with Gasteiger partial charge in [-0.15, -0.1) is 0 Å². The zero-order valence-corrected chi connectivity index (χ0v) is 17.7. The van der Waals surface area contributed by atoms with Gasteiger partial charge in [-0.3, -0.25) is 14.6 Å². The van der Waals surface area contributed by atoms with Crippen molar-refractivity contribution in [2.75, 3.05) is 5.32 Å². The maximum absolute atomic E-state index is 12.6. The standard InChI is InChI=1S/C21H15Cl2F2N5O2/c22-15-4-2-1-3-13(15)10-30-11-16(23)19(29-30)26-20(31)18-9-17(27-28-18)12-5-7-14(8-6-12)32-21(24)25/h1-9,11,21H,10H2,(H,27,28)(H,26,29,31). The molecule has 0 saturated carbocycles. The van der Waals surface area contributed by atoms with E-state index in [1.165, 1.54) is 18.2 Å². The first-order valence-electron chi connectivity index (χ1n) is 9.27. The summed E-state index contributed by atoms with van der Waals surface area (Å²) in [5, 5.41) is 14.5. The molecule has 2 heterocycles. The molecule has 4 aromatic rings. The lowest BCUT2D eigenvalue weighted by Gasteiger charge is -2.04. The minimum atomic E-state index is -2.90. The average Bonchev–Trinajstić information content (AvgIpc) is 3.37. The molecule has 164 valence electrons. The van der Waals surface area contributed by atoms with E-state index < -0.39 is 12.5 Å². The molecule has 0 spiro atoms. The number of anilines is 1. The number of aromatic nitrogens is 4. The van der Waals surface area contributed by atoms with Crippen LogP contribution in [0.4, 0.5) is 14.6 Å². The lowest BCUT2D eigenvalue weighted by Crippen LogP contribution is -2.13. The SMILES string of the molecule is O=C(Nc1nn(Cc2ccccc2Cl)cc1Cl)c1cc(-c2ccc(OC(F)F)cc2)n[nH]1. The number of halogens is 4. The van der Waals surface area contributed by atoms with Gasteiger partial charge >= 0.3 is 6.61 Å². The van der Waals surface area contributed by atoms with Crippen LogP contribution in [0.5, 0.6) is 5.75 Å². The minimum Gasteiger partial charge on any atom is -0.435 e. The normalized spacial score (nSPS) is 11.0. The van der Waals surface area contributed by atoms with Crippen molar-refractivity contribution < 1.29 is 18.3 Å². The molecular formula is C21H15Cl2F2N5O2. The van der Waals surface area contributed by atoms with Crippen molar-refractivity contribution >= 4 is 34.9 Å². The number of H-pyrrole nitrogens is 1. The number of aromatic amines is 1. The second-order valence-corrected chi connectivity index (χ2v) is 7.45. The molecule has 0 saturated heterocycles. The zero-order chi connectivity index (χ0) is 22.7. The Labute approximate surface area is 190 Å². The highest BCUT2D eigenvalue weighted by molar-refractivity contribution is 6.33. The van der Waals surface area contributed by atoms with Gasteiger partial charge in [-0.2, -0.15) is 19.0 Å². The van der Waals surface area contributed by atoms with Crippen LogP contribution in [0.15, 0.2) is 60.8 Å². The number of hydrogen-bond donors (Lipinski definition) is 2. The van der Waals surface area contributed by atoms with E-state index in [2.05, 4.69) is 25.3 Å². The third-order valence-corrected chi connectivity index (χ3v) is 5.08. The van der Waals surface area contributed by atoms with E-state index in [-0.39, 0.29) is 22.3 Å². The van der Waals surface area contributed by atoms with Gasteiger partial charge in [0.15, 0.2) is 5.82 Å². The summed E-state index contributed by atoms with van der Waals surface area (Å²) in [5.41, 5.74) is 2.09. The maximum atomic E-state index is 12.6. The van der Waals surface area contributed by atoms with Crippen molar-refractivity contribution in [3.8, 4) is 17.0 Å². The summed E-state index contributed by atoms with van der Waals surface area (Å²) >= 11 is 12.4. The molecule has 7 nitrogen and oxygen atoms in total. The summed E-state index contributed by atoms with van der Waals surface area (Å²) < 4.78 is 30.4. The van der Waals surface area contributed by atoms with Crippen molar-refractivity contribution in [1.29, 1.82) is 0 Å². The van der Waals surface area contributed by atoms with E-state index in [0.29, 0.717) is 22.8 Å². The Morgan fingerprint density at radius 1 is 1.12 bits per heavy atom. The van der Waals surface area contributed by atoms with Crippen molar-refractivity contribution in [2.24, 2.45) is 0 Å². The molecule has 0 aliphatic rings. The van der Waals surface area contributed by atoms with Crippen LogP contribution in [-0.2, 0) is 6.54 Å². The summed E-state index contributed by atoms with van der Waals surface area (Å²) in [4.78, 5) is 12.6. The summed E-state index contributed by atoms with van der Waals surface area (Å²) in [6, 6.07) is 14.8. The Hall–Kier alpha value is -3.43. The smallest absolute Gasteiger partial charge is 0.387 e. The molecule has 0 aliphatic carbocycles. The van der Waals surface area contributed by atoms with Gasteiger partial charge in [-0.05, 0) is 42.0 Å². The number of hydrogen-bond acceptors (Lipinski definition) is 4. The molecule has 0 bridgehead atoms. The first-order valence-corrected chi connectivity index (χ1v) is 10.0. The average molecular weight is 478 g/mol. The summed E-state index contributed by atoms with van der Waals surface area (Å²) in [5.74, 6) is -0.279. The fourth-order valence-corrected chi connectivity index (χ4v) is 3.33. The van der Waals surface area contributed by atoms with Gasteiger partial charge in [0, 0.05) is 16.8 Å².